The van der Waals surface area contributed by atoms with Gasteiger partial charge in [-0.1, -0.05) is 18.2 Å². The average molecular weight is 418 g/mol. The van der Waals surface area contributed by atoms with Crippen LogP contribution >= 0.6 is 0 Å². The van der Waals surface area contributed by atoms with E-state index in [2.05, 4.69) is 6.58 Å². The van der Waals surface area contributed by atoms with Crippen LogP contribution < -0.4 is 4.74 Å². The molecule has 0 aromatic heterocycles. The molecule has 2 rings (SSSR count). The summed E-state index contributed by atoms with van der Waals surface area (Å²) >= 11 is 0. The molecule has 162 valence electrons. The summed E-state index contributed by atoms with van der Waals surface area (Å²) in [6.45, 7) is 5.34. The summed E-state index contributed by atoms with van der Waals surface area (Å²) < 4.78 is 20.0. The maximum atomic E-state index is 13.1. The number of methoxy groups -OCH3 is 3. The lowest BCUT2D eigenvalue weighted by Gasteiger charge is -2.32. The second-order valence-electron chi connectivity index (χ2n) is 6.92. The Morgan fingerprint density at radius 3 is 2.07 bits per heavy atom. The number of hydrogen-bond donors (Lipinski definition) is 0. The van der Waals surface area contributed by atoms with Gasteiger partial charge in [-0.2, -0.15) is 0 Å². The summed E-state index contributed by atoms with van der Waals surface area (Å²) in [5.41, 5.74) is -1.34. The maximum Gasteiger partial charge on any atom is 0.374 e. The summed E-state index contributed by atoms with van der Waals surface area (Å²) in [6.07, 6.45) is 1.37. The van der Waals surface area contributed by atoms with E-state index < -0.39 is 46.9 Å². The first-order chi connectivity index (χ1) is 14.3. The van der Waals surface area contributed by atoms with Gasteiger partial charge >= 0.3 is 17.9 Å². The predicted molar refractivity (Wildman–Crippen MR) is 106 cm³/mol. The fourth-order valence-electron chi connectivity index (χ4n) is 4.26. The van der Waals surface area contributed by atoms with Gasteiger partial charge in [0.2, 0.25) is 5.78 Å². The fourth-order valence-corrected chi connectivity index (χ4v) is 4.26. The molecule has 0 radical (unpaired) electrons. The van der Waals surface area contributed by atoms with Gasteiger partial charge in [-0.05, 0) is 37.0 Å². The van der Waals surface area contributed by atoms with Gasteiger partial charge in [0.05, 0.1) is 27.9 Å². The molecule has 0 bridgehead atoms. The number of ketones is 1. The van der Waals surface area contributed by atoms with E-state index in [1.54, 1.807) is 31.2 Å². The number of Topliss-reactive ketones (excluding diaryl/α,β-unsaturated/α-hetero) is 1. The molecule has 1 aliphatic rings. The predicted octanol–water partition coefficient (Wildman–Crippen LogP) is 2.07. The van der Waals surface area contributed by atoms with E-state index >= 15 is 0 Å². The highest BCUT2D eigenvalue weighted by atomic mass is 16.5. The standard InChI is InChI=1S/C22H26O8/c1-6-13-12-22(20(25)28-4,21(26)29-5)17(14-8-10-15(27-3)11-9-14)16(13)18(23)19(24)30-7-2/h6,8-11,13,16-17H,1,7,12H2,2-5H3/t13-,16-,17+/m0/s1. The molecule has 0 heterocycles. The minimum atomic E-state index is -1.83. The zero-order valence-corrected chi connectivity index (χ0v) is 17.5. The second kappa shape index (κ2) is 9.56. The Morgan fingerprint density at radius 2 is 1.63 bits per heavy atom. The van der Waals surface area contributed by atoms with E-state index in [1.807, 2.05) is 0 Å². The molecule has 8 nitrogen and oxygen atoms in total. The van der Waals surface area contributed by atoms with E-state index in [-0.39, 0.29) is 13.0 Å². The van der Waals surface area contributed by atoms with Crippen molar-refractivity contribution in [2.24, 2.45) is 17.3 Å². The monoisotopic (exact) mass is 418 g/mol. The topological polar surface area (TPSA) is 105 Å². The van der Waals surface area contributed by atoms with Gasteiger partial charge in [-0.3, -0.25) is 14.4 Å². The van der Waals surface area contributed by atoms with Crippen molar-refractivity contribution in [3.8, 4) is 5.75 Å². The highest BCUT2D eigenvalue weighted by Gasteiger charge is 2.66. The van der Waals surface area contributed by atoms with E-state index in [1.165, 1.54) is 13.2 Å². The first-order valence-electron chi connectivity index (χ1n) is 9.46. The van der Waals surface area contributed by atoms with Gasteiger partial charge in [0.25, 0.3) is 0 Å². The van der Waals surface area contributed by atoms with Crippen LogP contribution in [0.3, 0.4) is 0 Å². The van der Waals surface area contributed by atoms with Crippen molar-refractivity contribution in [3.05, 3.63) is 42.5 Å². The van der Waals surface area contributed by atoms with Crippen LogP contribution in [0.2, 0.25) is 0 Å². The molecule has 1 aliphatic carbocycles. The summed E-state index contributed by atoms with van der Waals surface area (Å²) in [5.74, 6) is -5.76. The molecular weight excluding hydrogens is 392 g/mol. The molecule has 0 unspecified atom stereocenters. The van der Waals surface area contributed by atoms with E-state index in [0.29, 0.717) is 11.3 Å². The molecule has 0 amide bonds. The number of hydrogen-bond acceptors (Lipinski definition) is 8. The van der Waals surface area contributed by atoms with Crippen LogP contribution in [-0.4, -0.2) is 51.6 Å². The van der Waals surface area contributed by atoms with E-state index in [9.17, 15) is 19.2 Å². The first-order valence-corrected chi connectivity index (χ1v) is 9.46. The Balaban J connectivity index is 2.75. The van der Waals surface area contributed by atoms with Gasteiger partial charge in [0.15, 0.2) is 5.41 Å². The first kappa shape index (κ1) is 23.1. The minimum Gasteiger partial charge on any atom is -0.497 e. The number of carbonyl (C=O) groups excluding carboxylic acids is 4. The molecule has 1 saturated carbocycles. The number of ether oxygens (including phenoxy) is 4. The summed E-state index contributed by atoms with van der Waals surface area (Å²) in [6, 6.07) is 6.56. The largest absolute Gasteiger partial charge is 0.497 e. The summed E-state index contributed by atoms with van der Waals surface area (Å²) in [7, 11) is 3.81. The lowest BCUT2D eigenvalue weighted by atomic mass is 9.70. The van der Waals surface area contributed by atoms with Crippen molar-refractivity contribution in [1.82, 2.24) is 0 Å². The molecule has 0 N–H and O–H groups in total. The van der Waals surface area contributed by atoms with Crippen LogP contribution in [0, 0.1) is 17.3 Å². The summed E-state index contributed by atoms with van der Waals surface area (Å²) in [4.78, 5) is 51.3. The molecule has 1 fully saturated rings. The molecular formula is C22H26O8. The van der Waals surface area contributed by atoms with Crippen LogP contribution in [0.4, 0.5) is 0 Å². The molecule has 1 aromatic rings. The molecule has 0 saturated heterocycles. The maximum absolute atomic E-state index is 13.1. The van der Waals surface area contributed by atoms with Crippen molar-refractivity contribution in [2.75, 3.05) is 27.9 Å². The van der Waals surface area contributed by atoms with Crippen molar-refractivity contribution in [2.45, 2.75) is 19.3 Å². The molecule has 1 aromatic carbocycles. The molecule has 0 spiro atoms. The molecule has 30 heavy (non-hydrogen) atoms. The number of benzene rings is 1. The highest BCUT2D eigenvalue weighted by Crippen LogP contribution is 2.57. The van der Waals surface area contributed by atoms with Crippen LogP contribution in [-0.2, 0) is 33.4 Å². The van der Waals surface area contributed by atoms with Crippen molar-refractivity contribution >= 4 is 23.7 Å². The third-order valence-corrected chi connectivity index (χ3v) is 5.57. The van der Waals surface area contributed by atoms with Gasteiger partial charge in [-0.25, -0.2) is 4.79 Å². The number of esters is 3. The van der Waals surface area contributed by atoms with Gasteiger partial charge in [-0.15, -0.1) is 6.58 Å². The lowest BCUT2D eigenvalue weighted by Crippen LogP contribution is -2.45. The third kappa shape index (κ3) is 3.81. The van der Waals surface area contributed by atoms with Crippen LogP contribution in [0.25, 0.3) is 0 Å². The smallest absolute Gasteiger partial charge is 0.374 e. The molecule has 8 heteroatoms. The Morgan fingerprint density at radius 1 is 1.07 bits per heavy atom. The highest BCUT2D eigenvalue weighted by molar-refractivity contribution is 6.35. The van der Waals surface area contributed by atoms with Gasteiger partial charge in [0, 0.05) is 11.8 Å². The van der Waals surface area contributed by atoms with Crippen molar-refractivity contribution in [1.29, 1.82) is 0 Å². The quantitative estimate of drug-likeness (QED) is 0.208. The number of rotatable bonds is 8. The third-order valence-electron chi connectivity index (χ3n) is 5.57. The summed E-state index contributed by atoms with van der Waals surface area (Å²) in [5, 5.41) is 0. The van der Waals surface area contributed by atoms with E-state index in [0.717, 1.165) is 14.2 Å². The Kier molecular flexibility index (Phi) is 7.37. The number of carbonyl (C=O) groups is 4. The molecule has 0 aliphatic heterocycles. The second-order valence-corrected chi connectivity index (χ2v) is 6.92. The Labute approximate surface area is 175 Å². The normalized spacial score (nSPS) is 21.9. The van der Waals surface area contributed by atoms with Crippen LogP contribution in [0.1, 0.15) is 24.8 Å². The zero-order valence-electron chi connectivity index (χ0n) is 17.5. The van der Waals surface area contributed by atoms with Crippen molar-refractivity contribution < 1.29 is 38.1 Å². The Bertz CT molecular complexity index is 810. The molecule has 3 atom stereocenters. The Hall–Kier alpha value is -3.16. The average Bonchev–Trinajstić information content (AvgIpc) is 3.13. The van der Waals surface area contributed by atoms with Crippen LogP contribution in [0.15, 0.2) is 36.9 Å². The van der Waals surface area contributed by atoms with Gasteiger partial charge < -0.3 is 18.9 Å². The zero-order chi connectivity index (χ0) is 22.5. The minimum absolute atomic E-state index is 0.0163. The van der Waals surface area contributed by atoms with Crippen LogP contribution in [0.5, 0.6) is 5.75 Å². The lowest BCUT2D eigenvalue weighted by molar-refractivity contribution is -0.171. The van der Waals surface area contributed by atoms with Crippen molar-refractivity contribution in [3.63, 3.8) is 0 Å². The SMILES string of the molecule is C=C[C@H]1CC(C(=O)OC)(C(=O)OC)[C@H](c2ccc(OC)cc2)[C@H]1C(=O)C(=O)OCC. The fraction of sp³-hybridized carbons (Fsp3) is 0.455. The van der Waals surface area contributed by atoms with Gasteiger partial charge in [0.1, 0.15) is 5.75 Å². The van der Waals surface area contributed by atoms with E-state index in [4.69, 9.17) is 18.9 Å². The number of allylic oxidation sites excluding steroid dienone is 1.